The van der Waals surface area contributed by atoms with Crippen LogP contribution in [-0.4, -0.2) is 43.0 Å². The molecule has 0 aromatic heterocycles. The topological polar surface area (TPSA) is 58.6 Å². The normalized spacial score (nSPS) is 14.5. The van der Waals surface area contributed by atoms with Crippen molar-refractivity contribution in [1.82, 2.24) is 10.2 Å². The molecule has 29 heavy (non-hydrogen) atoms. The first kappa shape index (κ1) is 20.9. The molecule has 0 spiro atoms. The Morgan fingerprint density at radius 2 is 1.62 bits per heavy atom. The Kier molecular flexibility index (Phi) is 7.28. The molecule has 5 heteroatoms. The van der Waals surface area contributed by atoms with Crippen molar-refractivity contribution in [1.29, 1.82) is 0 Å². The van der Waals surface area contributed by atoms with Gasteiger partial charge in [-0.25, -0.2) is 0 Å². The fourth-order valence-electron chi connectivity index (χ4n) is 3.62. The van der Waals surface area contributed by atoms with Crippen molar-refractivity contribution in [2.24, 2.45) is 0 Å². The molecule has 0 atom stereocenters. The van der Waals surface area contributed by atoms with Crippen molar-refractivity contribution in [3.8, 4) is 5.75 Å². The molecule has 0 unspecified atom stereocenters. The van der Waals surface area contributed by atoms with Crippen LogP contribution in [0.15, 0.2) is 48.5 Å². The van der Waals surface area contributed by atoms with Crippen LogP contribution in [0.3, 0.4) is 0 Å². The number of piperidine rings is 1. The highest BCUT2D eigenvalue weighted by Crippen LogP contribution is 2.15. The number of hydrogen-bond donors (Lipinski definition) is 1. The summed E-state index contributed by atoms with van der Waals surface area (Å²) in [4.78, 5) is 26.7. The van der Waals surface area contributed by atoms with E-state index in [-0.39, 0.29) is 17.9 Å². The Hall–Kier alpha value is -2.82. The van der Waals surface area contributed by atoms with Crippen LogP contribution in [0.1, 0.15) is 36.0 Å². The molecule has 1 N–H and O–H groups in total. The van der Waals surface area contributed by atoms with Crippen LogP contribution in [-0.2, 0) is 22.4 Å². The molecule has 2 aromatic carbocycles. The Bertz CT molecular complexity index is 807. The average molecular weight is 395 g/mol. The van der Waals surface area contributed by atoms with E-state index in [0.29, 0.717) is 25.9 Å². The number of hydrogen-bond acceptors (Lipinski definition) is 3. The Labute approximate surface area is 173 Å². The molecular weight excluding hydrogens is 364 g/mol. The number of methoxy groups -OCH3 is 1. The van der Waals surface area contributed by atoms with Crippen LogP contribution in [0.2, 0.25) is 0 Å². The number of nitrogens with one attached hydrogen (secondary N) is 1. The number of benzene rings is 2. The van der Waals surface area contributed by atoms with Crippen LogP contribution in [0.5, 0.6) is 5.75 Å². The van der Waals surface area contributed by atoms with Gasteiger partial charge >= 0.3 is 0 Å². The van der Waals surface area contributed by atoms with Gasteiger partial charge in [-0.1, -0.05) is 42.0 Å². The zero-order valence-corrected chi connectivity index (χ0v) is 17.3. The number of carbonyl (C=O) groups excluding carboxylic acids is 2. The third-order valence-electron chi connectivity index (χ3n) is 5.49. The van der Waals surface area contributed by atoms with Gasteiger partial charge < -0.3 is 15.0 Å². The molecule has 1 aliphatic heterocycles. The number of likely N-dealkylation sites (tertiary alicyclic amines) is 1. The number of amides is 2. The molecule has 1 heterocycles. The zero-order chi connectivity index (χ0) is 20.6. The predicted molar refractivity (Wildman–Crippen MR) is 114 cm³/mol. The van der Waals surface area contributed by atoms with Gasteiger partial charge in [-0.05, 0) is 49.4 Å². The minimum absolute atomic E-state index is 0.0913. The first-order valence-electron chi connectivity index (χ1n) is 10.3. The Morgan fingerprint density at radius 3 is 2.24 bits per heavy atom. The third kappa shape index (κ3) is 6.34. The minimum Gasteiger partial charge on any atom is -0.497 e. The molecule has 1 fully saturated rings. The smallest absolute Gasteiger partial charge is 0.226 e. The van der Waals surface area contributed by atoms with Gasteiger partial charge in [0.1, 0.15) is 5.75 Å². The lowest BCUT2D eigenvalue weighted by molar-refractivity contribution is -0.131. The summed E-state index contributed by atoms with van der Waals surface area (Å²) in [5.74, 6) is 1.02. The molecule has 5 nitrogen and oxygen atoms in total. The SMILES string of the molecule is COc1ccc(CC(=O)N2CCC(NC(=O)CCc3ccc(C)cc3)CC2)cc1. The summed E-state index contributed by atoms with van der Waals surface area (Å²) in [6, 6.07) is 16.1. The van der Waals surface area contributed by atoms with Crippen LogP contribution in [0.25, 0.3) is 0 Å². The van der Waals surface area contributed by atoms with Gasteiger partial charge in [-0.15, -0.1) is 0 Å². The van der Waals surface area contributed by atoms with Crippen LogP contribution in [0.4, 0.5) is 0 Å². The van der Waals surface area contributed by atoms with E-state index in [1.807, 2.05) is 29.2 Å². The summed E-state index contributed by atoms with van der Waals surface area (Å²) in [5, 5.41) is 3.13. The second-order valence-electron chi connectivity index (χ2n) is 7.73. The molecule has 3 rings (SSSR count). The number of carbonyl (C=O) groups is 2. The second kappa shape index (κ2) is 10.1. The molecule has 1 aliphatic rings. The van der Waals surface area contributed by atoms with Crippen molar-refractivity contribution in [2.45, 2.75) is 45.1 Å². The predicted octanol–water partition coefficient (Wildman–Crippen LogP) is 3.29. The molecule has 2 aromatic rings. The lowest BCUT2D eigenvalue weighted by atomic mass is 10.0. The van der Waals surface area contributed by atoms with Crippen molar-refractivity contribution >= 4 is 11.8 Å². The number of aryl methyl sites for hydroxylation is 2. The largest absolute Gasteiger partial charge is 0.497 e. The van der Waals surface area contributed by atoms with E-state index in [0.717, 1.165) is 30.6 Å². The highest BCUT2D eigenvalue weighted by molar-refractivity contribution is 5.79. The fourth-order valence-corrected chi connectivity index (χ4v) is 3.62. The van der Waals surface area contributed by atoms with E-state index in [4.69, 9.17) is 4.74 Å². The summed E-state index contributed by atoms with van der Waals surface area (Å²) in [6.07, 6.45) is 3.28. The highest BCUT2D eigenvalue weighted by atomic mass is 16.5. The summed E-state index contributed by atoms with van der Waals surface area (Å²) in [5.41, 5.74) is 3.40. The standard InChI is InChI=1S/C24H30N2O3/c1-18-3-5-19(6-4-18)9-12-23(27)25-21-13-15-26(16-14-21)24(28)17-20-7-10-22(29-2)11-8-20/h3-8,10-11,21H,9,12-17H2,1-2H3,(H,25,27). The monoisotopic (exact) mass is 394 g/mol. The Morgan fingerprint density at radius 1 is 1.00 bits per heavy atom. The van der Waals surface area contributed by atoms with Gasteiger partial charge in [0.2, 0.25) is 11.8 Å². The average Bonchev–Trinajstić information content (AvgIpc) is 2.74. The summed E-state index contributed by atoms with van der Waals surface area (Å²) in [7, 11) is 1.63. The van der Waals surface area contributed by atoms with E-state index in [2.05, 4.69) is 36.5 Å². The third-order valence-corrected chi connectivity index (χ3v) is 5.49. The molecule has 154 valence electrons. The van der Waals surface area contributed by atoms with Gasteiger partial charge in [0, 0.05) is 25.6 Å². The summed E-state index contributed by atoms with van der Waals surface area (Å²) >= 11 is 0. The molecule has 0 bridgehead atoms. The maximum atomic E-state index is 12.5. The maximum Gasteiger partial charge on any atom is 0.226 e. The van der Waals surface area contributed by atoms with Crippen molar-refractivity contribution in [2.75, 3.05) is 20.2 Å². The molecule has 0 saturated carbocycles. The van der Waals surface area contributed by atoms with Crippen molar-refractivity contribution in [3.05, 3.63) is 65.2 Å². The van der Waals surface area contributed by atoms with Gasteiger partial charge in [0.05, 0.1) is 13.5 Å². The molecule has 1 saturated heterocycles. The lowest BCUT2D eigenvalue weighted by Crippen LogP contribution is -2.47. The minimum atomic E-state index is 0.0913. The van der Waals surface area contributed by atoms with E-state index in [1.54, 1.807) is 7.11 Å². The zero-order valence-electron chi connectivity index (χ0n) is 17.3. The highest BCUT2D eigenvalue weighted by Gasteiger charge is 2.23. The summed E-state index contributed by atoms with van der Waals surface area (Å²) in [6.45, 7) is 3.44. The van der Waals surface area contributed by atoms with E-state index in [9.17, 15) is 9.59 Å². The van der Waals surface area contributed by atoms with E-state index < -0.39 is 0 Å². The van der Waals surface area contributed by atoms with Gasteiger partial charge in [-0.2, -0.15) is 0 Å². The first-order valence-corrected chi connectivity index (χ1v) is 10.3. The molecule has 2 amide bonds. The molecule has 0 aliphatic carbocycles. The Balaban J connectivity index is 1.38. The first-order chi connectivity index (χ1) is 14.0. The van der Waals surface area contributed by atoms with Crippen molar-refractivity contribution in [3.63, 3.8) is 0 Å². The van der Waals surface area contributed by atoms with E-state index in [1.165, 1.54) is 11.1 Å². The molecular formula is C24H30N2O3. The van der Waals surface area contributed by atoms with Crippen LogP contribution < -0.4 is 10.1 Å². The number of nitrogens with zero attached hydrogens (tertiary/aromatic N) is 1. The van der Waals surface area contributed by atoms with E-state index >= 15 is 0 Å². The number of rotatable bonds is 7. The van der Waals surface area contributed by atoms with Crippen LogP contribution >= 0.6 is 0 Å². The van der Waals surface area contributed by atoms with Gasteiger partial charge in [0.15, 0.2) is 0 Å². The summed E-state index contributed by atoms with van der Waals surface area (Å²) < 4.78 is 5.15. The fraction of sp³-hybridized carbons (Fsp3) is 0.417. The van der Waals surface area contributed by atoms with Gasteiger partial charge in [0.25, 0.3) is 0 Å². The molecule has 0 radical (unpaired) electrons. The maximum absolute atomic E-state index is 12.5. The van der Waals surface area contributed by atoms with Crippen molar-refractivity contribution < 1.29 is 14.3 Å². The lowest BCUT2D eigenvalue weighted by Gasteiger charge is -2.32. The second-order valence-corrected chi connectivity index (χ2v) is 7.73. The van der Waals surface area contributed by atoms with Gasteiger partial charge in [-0.3, -0.25) is 9.59 Å². The number of ether oxygens (including phenoxy) is 1. The van der Waals surface area contributed by atoms with Crippen LogP contribution in [0, 0.1) is 6.92 Å². The quantitative estimate of drug-likeness (QED) is 0.784.